The first-order valence-electron chi connectivity index (χ1n) is 5.27. The fourth-order valence-electron chi connectivity index (χ4n) is 1.52. The predicted molar refractivity (Wildman–Crippen MR) is 76.7 cm³/mol. The number of carbonyl (C=O) groups excluding carboxylic acids is 1. The minimum absolute atomic E-state index is 0.0880. The third-order valence-electron chi connectivity index (χ3n) is 2.35. The molecule has 0 amide bonds. The van der Waals surface area contributed by atoms with Crippen molar-refractivity contribution >= 4 is 39.7 Å². The van der Waals surface area contributed by atoms with Crippen LogP contribution in [0.15, 0.2) is 56.7 Å². The first-order chi connectivity index (χ1) is 9.10. The number of halogens is 1. The highest BCUT2D eigenvalue weighted by Gasteiger charge is 2.13. The summed E-state index contributed by atoms with van der Waals surface area (Å²) in [7, 11) is 0. The Kier molecular flexibility index (Phi) is 4.34. The van der Waals surface area contributed by atoms with Gasteiger partial charge in [-0.25, -0.2) is 0 Å². The van der Waals surface area contributed by atoms with Gasteiger partial charge in [0.15, 0.2) is 6.29 Å². The summed E-state index contributed by atoms with van der Waals surface area (Å²) in [5.74, 6) is 0. The standard InChI is InChI=1S/C13H8BrNO3S/c14-10-2-1-3-11(7-10)19-12-4-5-13(15(17)18)9(6-12)8-16/h1-8H. The molecule has 0 aromatic heterocycles. The van der Waals surface area contributed by atoms with E-state index in [2.05, 4.69) is 15.9 Å². The average Bonchev–Trinajstić information content (AvgIpc) is 2.38. The number of nitrogens with zero attached hydrogens (tertiary/aromatic N) is 1. The van der Waals surface area contributed by atoms with E-state index in [9.17, 15) is 14.9 Å². The monoisotopic (exact) mass is 337 g/mol. The number of benzene rings is 2. The largest absolute Gasteiger partial charge is 0.298 e. The molecule has 0 aliphatic rings. The molecule has 0 atom stereocenters. The molecular weight excluding hydrogens is 330 g/mol. The first-order valence-corrected chi connectivity index (χ1v) is 6.88. The third-order valence-corrected chi connectivity index (χ3v) is 3.83. The number of rotatable bonds is 4. The van der Waals surface area contributed by atoms with E-state index < -0.39 is 4.92 Å². The number of hydrogen-bond donors (Lipinski definition) is 0. The van der Waals surface area contributed by atoms with E-state index >= 15 is 0 Å². The third kappa shape index (κ3) is 3.42. The van der Waals surface area contributed by atoms with Gasteiger partial charge in [-0.2, -0.15) is 0 Å². The van der Waals surface area contributed by atoms with Crippen LogP contribution < -0.4 is 0 Å². The summed E-state index contributed by atoms with van der Waals surface area (Å²) < 4.78 is 0.954. The SMILES string of the molecule is O=Cc1cc(Sc2cccc(Br)c2)ccc1[N+](=O)[O-]. The van der Waals surface area contributed by atoms with E-state index in [1.807, 2.05) is 24.3 Å². The van der Waals surface area contributed by atoms with E-state index in [1.54, 1.807) is 6.07 Å². The minimum Gasteiger partial charge on any atom is -0.298 e. The van der Waals surface area contributed by atoms with Crippen LogP contribution in [0.25, 0.3) is 0 Å². The molecule has 0 heterocycles. The van der Waals surface area contributed by atoms with Gasteiger partial charge in [-0.05, 0) is 30.3 Å². The number of nitro benzene ring substituents is 1. The molecule has 2 aromatic rings. The van der Waals surface area contributed by atoms with E-state index in [0.717, 1.165) is 14.3 Å². The van der Waals surface area contributed by atoms with Crippen molar-refractivity contribution in [3.63, 3.8) is 0 Å². The van der Waals surface area contributed by atoms with Crippen LogP contribution in [0, 0.1) is 10.1 Å². The molecule has 0 N–H and O–H groups in total. The van der Waals surface area contributed by atoms with E-state index in [4.69, 9.17) is 0 Å². The van der Waals surface area contributed by atoms with Crippen LogP contribution in [0.5, 0.6) is 0 Å². The zero-order chi connectivity index (χ0) is 13.8. The summed E-state index contributed by atoms with van der Waals surface area (Å²) in [5.41, 5.74) is -0.0846. The first kappa shape index (κ1) is 13.8. The van der Waals surface area contributed by atoms with Crippen LogP contribution in [-0.4, -0.2) is 11.2 Å². The Balaban J connectivity index is 2.31. The Morgan fingerprint density at radius 1 is 1.16 bits per heavy atom. The van der Waals surface area contributed by atoms with Crippen molar-refractivity contribution in [1.29, 1.82) is 0 Å². The van der Waals surface area contributed by atoms with Crippen molar-refractivity contribution in [2.24, 2.45) is 0 Å². The molecule has 96 valence electrons. The minimum atomic E-state index is -0.558. The zero-order valence-corrected chi connectivity index (χ0v) is 12.0. The highest BCUT2D eigenvalue weighted by Crippen LogP contribution is 2.31. The molecule has 0 bridgehead atoms. The maximum atomic E-state index is 10.9. The number of aldehydes is 1. The van der Waals surface area contributed by atoms with Gasteiger partial charge in [0.1, 0.15) is 0 Å². The topological polar surface area (TPSA) is 60.2 Å². The molecule has 0 saturated carbocycles. The molecular formula is C13H8BrNO3S. The number of hydrogen-bond acceptors (Lipinski definition) is 4. The Labute approximate surface area is 122 Å². The summed E-state index contributed by atoms with van der Waals surface area (Å²) in [6.07, 6.45) is 0.503. The van der Waals surface area contributed by atoms with Gasteiger partial charge in [0.25, 0.3) is 5.69 Å². The number of nitro groups is 1. The molecule has 4 nitrogen and oxygen atoms in total. The Hall–Kier alpha value is -1.66. The lowest BCUT2D eigenvalue weighted by molar-refractivity contribution is -0.385. The van der Waals surface area contributed by atoms with Crippen LogP contribution in [-0.2, 0) is 0 Å². The van der Waals surface area contributed by atoms with Gasteiger partial charge in [-0.3, -0.25) is 14.9 Å². The van der Waals surface area contributed by atoms with Crippen LogP contribution in [0.3, 0.4) is 0 Å². The van der Waals surface area contributed by atoms with Crippen molar-refractivity contribution < 1.29 is 9.72 Å². The van der Waals surface area contributed by atoms with Crippen LogP contribution in [0.2, 0.25) is 0 Å². The second kappa shape index (κ2) is 5.99. The Morgan fingerprint density at radius 3 is 2.53 bits per heavy atom. The summed E-state index contributed by atoms with van der Waals surface area (Å²) >= 11 is 4.82. The van der Waals surface area contributed by atoms with Crippen molar-refractivity contribution in [2.75, 3.05) is 0 Å². The van der Waals surface area contributed by atoms with Crippen molar-refractivity contribution in [3.05, 3.63) is 62.6 Å². The fourth-order valence-corrected chi connectivity index (χ4v) is 3.00. The van der Waals surface area contributed by atoms with E-state index in [1.165, 1.54) is 23.9 Å². The summed E-state index contributed by atoms with van der Waals surface area (Å²) in [4.78, 5) is 22.8. The lowest BCUT2D eigenvalue weighted by Crippen LogP contribution is -1.94. The summed E-state index contributed by atoms with van der Waals surface area (Å²) in [5, 5.41) is 10.7. The van der Waals surface area contributed by atoms with Gasteiger partial charge in [-0.15, -0.1) is 0 Å². The van der Waals surface area contributed by atoms with E-state index in [-0.39, 0.29) is 11.3 Å². The van der Waals surface area contributed by atoms with Crippen molar-refractivity contribution in [1.82, 2.24) is 0 Å². The maximum Gasteiger partial charge on any atom is 0.279 e. The molecule has 0 unspecified atom stereocenters. The molecule has 0 aliphatic carbocycles. The molecule has 0 spiro atoms. The summed E-state index contributed by atoms with van der Waals surface area (Å²) in [6.45, 7) is 0. The molecule has 0 aliphatic heterocycles. The normalized spacial score (nSPS) is 10.2. The van der Waals surface area contributed by atoms with Gasteiger partial charge >= 0.3 is 0 Å². The number of carbonyl (C=O) groups is 1. The quantitative estimate of drug-likeness (QED) is 0.473. The van der Waals surface area contributed by atoms with Gasteiger partial charge in [0.05, 0.1) is 10.5 Å². The lowest BCUT2D eigenvalue weighted by Gasteiger charge is -2.03. The zero-order valence-electron chi connectivity index (χ0n) is 9.58. The van der Waals surface area contributed by atoms with E-state index in [0.29, 0.717) is 6.29 Å². The fraction of sp³-hybridized carbons (Fsp3) is 0. The summed E-state index contributed by atoms with van der Waals surface area (Å²) in [6, 6.07) is 12.2. The van der Waals surface area contributed by atoms with Crippen LogP contribution in [0.1, 0.15) is 10.4 Å². The van der Waals surface area contributed by atoms with Gasteiger partial charge in [0.2, 0.25) is 0 Å². The lowest BCUT2D eigenvalue weighted by atomic mass is 10.2. The van der Waals surface area contributed by atoms with Gasteiger partial charge in [-0.1, -0.05) is 33.8 Å². The molecule has 0 fully saturated rings. The van der Waals surface area contributed by atoms with Crippen LogP contribution in [0.4, 0.5) is 5.69 Å². The average molecular weight is 338 g/mol. The van der Waals surface area contributed by atoms with Crippen LogP contribution >= 0.6 is 27.7 Å². The Bertz CT molecular complexity index is 646. The second-order valence-electron chi connectivity index (χ2n) is 3.66. The second-order valence-corrected chi connectivity index (χ2v) is 5.72. The van der Waals surface area contributed by atoms with Gasteiger partial charge < -0.3 is 0 Å². The molecule has 2 aromatic carbocycles. The predicted octanol–water partition coefficient (Wildman–Crippen LogP) is 4.32. The molecule has 0 radical (unpaired) electrons. The molecule has 6 heteroatoms. The smallest absolute Gasteiger partial charge is 0.279 e. The molecule has 2 rings (SSSR count). The van der Waals surface area contributed by atoms with Crippen molar-refractivity contribution in [2.45, 2.75) is 9.79 Å². The van der Waals surface area contributed by atoms with Crippen molar-refractivity contribution in [3.8, 4) is 0 Å². The maximum absolute atomic E-state index is 10.9. The molecule has 0 saturated heterocycles. The Morgan fingerprint density at radius 2 is 1.89 bits per heavy atom. The molecule has 19 heavy (non-hydrogen) atoms. The highest BCUT2D eigenvalue weighted by molar-refractivity contribution is 9.10. The highest BCUT2D eigenvalue weighted by atomic mass is 79.9. The van der Waals surface area contributed by atoms with Gasteiger partial charge in [0, 0.05) is 20.3 Å².